The van der Waals surface area contributed by atoms with Crippen LogP contribution in [0.15, 0.2) is 36.4 Å². The highest BCUT2D eigenvalue weighted by Crippen LogP contribution is 2.35. The Bertz CT molecular complexity index is 962. The van der Waals surface area contributed by atoms with Gasteiger partial charge in [-0.05, 0) is 67.6 Å². The first kappa shape index (κ1) is 17.7. The van der Waals surface area contributed by atoms with Crippen LogP contribution in [-0.4, -0.2) is 17.2 Å². The van der Waals surface area contributed by atoms with Gasteiger partial charge in [0.25, 0.3) is 0 Å². The highest BCUT2D eigenvalue weighted by atomic mass is 35.5. The van der Waals surface area contributed by atoms with Gasteiger partial charge in [-0.1, -0.05) is 29.3 Å². The Morgan fingerprint density at radius 3 is 2.81 bits per heavy atom. The number of anilines is 1. The van der Waals surface area contributed by atoms with E-state index < -0.39 is 0 Å². The SMILES string of the molecule is Cc1ccc(NC2CCc3c(c4cc(Cl)ccc4n3CCN)C2)cc1Cl. The minimum Gasteiger partial charge on any atom is -0.382 e. The number of rotatable bonds is 4. The maximum atomic E-state index is 6.28. The van der Waals surface area contributed by atoms with Gasteiger partial charge in [0.2, 0.25) is 0 Å². The fourth-order valence-corrected chi connectivity index (χ4v) is 4.40. The molecule has 5 heteroatoms. The van der Waals surface area contributed by atoms with E-state index in [1.54, 1.807) is 0 Å². The monoisotopic (exact) mass is 387 g/mol. The van der Waals surface area contributed by atoms with Gasteiger partial charge in [0.15, 0.2) is 0 Å². The number of fused-ring (bicyclic) bond motifs is 3. The van der Waals surface area contributed by atoms with Crippen molar-refractivity contribution in [2.24, 2.45) is 5.73 Å². The standard InChI is InChI=1S/C21H23Cl2N3/c1-13-2-4-16(12-19(13)23)25-15-5-7-21-18(11-15)17-10-14(22)3-6-20(17)26(21)9-8-24/h2-4,6,10,12,15,25H,5,7-9,11,24H2,1H3. The molecule has 1 heterocycles. The van der Waals surface area contributed by atoms with Crippen molar-refractivity contribution in [2.75, 3.05) is 11.9 Å². The Kier molecular flexibility index (Phi) is 4.87. The highest BCUT2D eigenvalue weighted by molar-refractivity contribution is 6.31. The lowest BCUT2D eigenvalue weighted by Gasteiger charge is -2.26. The van der Waals surface area contributed by atoms with Crippen molar-refractivity contribution in [1.29, 1.82) is 0 Å². The summed E-state index contributed by atoms with van der Waals surface area (Å²) >= 11 is 12.6. The van der Waals surface area contributed by atoms with Crippen LogP contribution < -0.4 is 11.1 Å². The number of benzene rings is 2. The van der Waals surface area contributed by atoms with E-state index in [2.05, 4.69) is 34.1 Å². The van der Waals surface area contributed by atoms with Gasteiger partial charge in [-0.2, -0.15) is 0 Å². The van der Waals surface area contributed by atoms with Gasteiger partial charge in [0.1, 0.15) is 0 Å². The van der Waals surface area contributed by atoms with Gasteiger partial charge >= 0.3 is 0 Å². The minimum atomic E-state index is 0.386. The number of hydrogen-bond acceptors (Lipinski definition) is 2. The molecule has 1 aliphatic rings. The van der Waals surface area contributed by atoms with Crippen LogP contribution >= 0.6 is 23.2 Å². The zero-order chi connectivity index (χ0) is 18.3. The van der Waals surface area contributed by atoms with E-state index in [-0.39, 0.29) is 0 Å². The van der Waals surface area contributed by atoms with E-state index in [9.17, 15) is 0 Å². The molecule has 1 unspecified atom stereocenters. The van der Waals surface area contributed by atoms with Gasteiger partial charge in [0, 0.05) is 51.5 Å². The lowest BCUT2D eigenvalue weighted by Crippen LogP contribution is -2.28. The third-order valence-corrected chi connectivity index (χ3v) is 5.97. The second kappa shape index (κ2) is 7.15. The Morgan fingerprint density at radius 2 is 2.04 bits per heavy atom. The number of nitrogens with two attached hydrogens (primary N) is 1. The Balaban J connectivity index is 1.67. The Morgan fingerprint density at radius 1 is 1.19 bits per heavy atom. The third kappa shape index (κ3) is 3.20. The molecular formula is C21H23Cl2N3. The van der Waals surface area contributed by atoms with Gasteiger partial charge in [-0.25, -0.2) is 0 Å². The van der Waals surface area contributed by atoms with Crippen LogP contribution in [-0.2, 0) is 19.4 Å². The molecule has 0 saturated carbocycles. The van der Waals surface area contributed by atoms with E-state index in [0.29, 0.717) is 12.6 Å². The molecule has 0 aliphatic heterocycles. The summed E-state index contributed by atoms with van der Waals surface area (Å²) in [5.74, 6) is 0. The first-order valence-electron chi connectivity index (χ1n) is 9.09. The molecule has 3 N–H and O–H groups in total. The second-order valence-corrected chi connectivity index (χ2v) is 7.92. The Labute approximate surface area is 164 Å². The molecule has 1 aliphatic carbocycles. The van der Waals surface area contributed by atoms with Gasteiger partial charge < -0.3 is 15.6 Å². The van der Waals surface area contributed by atoms with Crippen molar-refractivity contribution >= 4 is 39.8 Å². The number of halogens is 2. The smallest absolute Gasteiger partial charge is 0.0486 e. The quantitative estimate of drug-likeness (QED) is 0.646. The maximum Gasteiger partial charge on any atom is 0.0486 e. The molecule has 4 rings (SSSR count). The van der Waals surface area contributed by atoms with Crippen molar-refractivity contribution in [3.05, 3.63) is 63.3 Å². The molecule has 0 radical (unpaired) electrons. The molecule has 136 valence electrons. The van der Waals surface area contributed by atoms with Crippen LogP contribution in [0.1, 0.15) is 23.2 Å². The zero-order valence-corrected chi connectivity index (χ0v) is 16.4. The summed E-state index contributed by atoms with van der Waals surface area (Å²) in [5.41, 5.74) is 12.1. The number of aryl methyl sites for hydroxylation is 1. The topological polar surface area (TPSA) is 43.0 Å². The highest BCUT2D eigenvalue weighted by Gasteiger charge is 2.25. The fraction of sp³-hybridized carbons (Fsp3) is 0.333. The average Bonchev–Trinajstić information content (AvgIpc) is 2.91. The van der Waals surface area contributed by atoms with Crippen LogP contribution in [0.2, 0.25) is 10.0 Å². The van der Waals surface area contributed by atoms with Crippen molar-refractivity contribution in [1.82, 2.24) is 4.57 Å². The molecule has 26 heavy (non-hydrogen) atoms. The summed E-state index contributed by atoms with van der Waals surface area (Å²) in [6.45, 7) is 3.51. The first-order chi connectivity index (χ1) is 12.6. The normalized spacial score (nSPS) is 16.7. The predicted octanol–water partition coefficient (Wildman–Crippen LogP) is 5.18. The van der Waals surface area contributed by atoms with Crippen LogP contribution in [0.25, 0.3) is 10.9 Å². The minimum absolute atomic E-state index is 0.386. The average molecular weight is 388 g/mol. The Hall–Kier alpha value is -1.68. The molecule has 0 saturated heterocycles. The number of aromatic nitrogens is 1. The summed E-state index contributed by atoms with van der Waals surface area (Å²) in [6, 6.07) is 12.7. The summed E-state index contributed by atoms with van der Waals surface area (Å²) in [7, 11) is 0. The van der Waals surface area contributed by atoms with Crippen molar-refractivity contribution in [2.45, 2.75) is 38.8 Å². The number of hydrogen-bond donors (Lipinski definition) is 2. The summed E-state index contributed by atoms with van der Waals surface area (Å²) < 4.78 is 2.37. The lowest BCUT2D eigenvalue weighted by atomic mass is 9.91. The molecule has 3 aromatic rings. The first-order valence-corrected chi connectivity index (χ1v) is 9.84. The zero-order valence-electron chi connectivity index (χ0n) is 14.9. The number of nitrogens with one attached hydrogen (secondary N) is 1. The van der Waals surface area contributed by atoms with Gasteiger partial charge in [-0.3, -0.25) is 0 Å². The van der Waals surface area contributed by atoms with Crippen LogP contribution in [0.3, 0.4) is 0 Å². The van der Waals surface area contributed by atoms with E-state index in [1.165, 1.54) is 22.2 Å². The molecular weight excluding hydrogens is 365 g/mol. The predicted molar refractivity (Wildman–Crippen MR) is 112 cm³/mol. The third-order valence-electron chi connectivity index (χ3n) is 5.32. The lowest BCUT2D eigenvalue weighted by molar-refractivity contribution is 0.574. The molecule has 0 bridgehead atoms. The van der Waals surface area contributed by atoms with E-state index in [1.807, 2.05) is 19.1 Å². The van der Waals surface area contributed by atoms with Crippen molar-refractivity contribution in [3.63, 3.8) is 0 Å². The molecule has 2 aromatic carbocycles. The van der Waals surface area contributed by atoms with E-state index in [4.69, 9.17) is 28.9 Å². The molecule has 3 nitrogen and oxygen atoms in total. The fourth-order valence-electron chi connectivity index (χ4n) is 4.05. The molecule has 0 amide bonds. The van der Waals surface area contributed by atoms with Crippen LogP contribution in [0, 0.1) is 6.92 Å². The molecule has 1 atom stereocenters. The largest absolute Gasteiger partial charge is 0.382 e. The second-order valence-electron chi connectivity index (χ2n) is 7.08. The van der Waals surface area contributed by atoms with Gasteiger partial charge in [-0.15, -0.1) is 0 Å². The summed E-state index contributed by atoms with van der Waals surface area (Å²) in [5, 5.41) is 6.50. The van der Waals surface area contributed by atoms with Crippen molar-refractivity contribution < 1.29 is 0 Å². The molecule has 1 aromatic heterocycles. The molecule has 0 spiro atoms. The molecule has 0 fully saturated rings. The van der Waals surface area contributed by atoms with Crippen molar-refractivity contribution in [3.8, 4) is 0 Å². The van der Waals surface area contributed by atoms with Gasteiger partial charge in [0.05, 0.1) is 0 Å². The van der Waals surface area contributed by atoms with Crippen LogP contribution in [0.5, 0.6) is 0 Å². The van der Waals surface area contributed by atoms with E-state index in [0.717, 1.165) is 47.1 Å². The number of nitrogens with zero attached hydrogens (tertiary/aromatic N) is 1. The van der Waals surface area contributed by atoms with E-state index >= 15 is 0 Å². The summed E-state index contributed by atoms with van der Waals surface area (Å²) in [4.78, 5) is 0. The maximum absolute atomic E-state index is 6.28. The summed E-state index contributed by atoms with van der Waals surface area (Å²) in [6.07, 6.45) is 3.11. The van der Waals surface area contributed by atoms with Crippen LogP contribution in [0.4, 0.5) is 5.69 Å².